The van der Waals surface area contributed by atoms with Gasteiger partial charge < -0.3 is 18.9 Å². The predicted octanol–water partition coefficient (Wildman–Crippen LogP) is 1.64. The van der Waals surface area contributed by atoms with Gasteiger partial charge in [0.25, 0.3) is 0 Å². The topological polar surface area (TPSA) is 54.0 Å². The third-order valence-electron chi connectivity index (χ3n) is 2.33. The number of alkyl halides is 1. The van der Waals surface area contributed by atoms with E-state index >= 15 is 0 Å². The Kier molecular flexibility index (Phi) is 6.83. The van der Waals surface area contributed by atoms with Gasteiger partial charge in [-0.2, -0.15) is 0 Å². The normalized spacial score (nSPS) is 28.5. The highest BCUT2D eigenvalue weighted by Crippen LogP contribution is 2.25. The van der Waals surface area contributed by atoms with Crippen LogP contribution in [0.25, 0.3) is 0 Å². The van der Waals surface area contributed by atoms with E-state index in [2.05, 4.69) is 22.6 Å². The molecule has 0 aromatic carbocycles. The van der Waals surface area contributed by atoms with Crippen LogP contribution in [0, 0.1) is 0 Å². The van der Waals surface area contributed by atoms with Crippen molar-refractivity contribution in [3.8, 4) is 0 Å². The molecule has 6 heteroatoms. The van der Waals surface area contributed by atoms with Crippen molar-refractivity contribution in [1.82, 2.24) is 0 Å². The fourth-order valence-corrected chi connectivity index (χ4v) is 2.27. The molecule has 0 aromatic heterocycles. The van der Waals surface area contributed by atoms with Gasteiger partial charge in [-0.25, -0.2) is 4.79 Å². The average Bonchev–Trinajstić information content (AvgIpc) is 2.72. The molecule has 1 unspecified atom stereocenters. The summed E-state index contributed by atoms with van der Waals surface area (Å²) in [6.07, 6.45) is 2.99. The monoisotopic (exact) mass is 356 g/mol. The standard InChI is InChI=1S/C11H17IO5/c1-3-15-10(13)4-5-16-8-6-11(14-2)17-9(8)7-12/h4-5,8-9,11H,3,6-7H2,1-2H3/b5-4+/t8-,9-,11?/m1/s1. The molecule has 0 saturated carbocycles. The van der Waals surface area contributed by atoms with E-state index in [-0.39, 0.29) is 18.5 Å². The van der Waals surface area contributed by atoms with Crippen LogP contribution in [0.2, 0.25) is 0 Å². The number of hydrogen-bond acceptors (Lipinski definition) is 5. The Hall–Kier alpha value is -0.340. The van der Waals surface area contributed by atoms with Gasteiger partial charge in [-0.1, -0.05) is 22.6 Å². The van der Waals surface area contributed by atoms with Crippen LogP contribution in [0.4, 0.5) is 0 Å². The Bertz CT molecular complexity index is 269. The minimum Gasteiger partial charge on any atom is -0.495 e. The maximum atomic E-state index is 11.0. The van der Waals surface area contributed by atoms with Gasteiger partial charge in [0, 0.05) is 18.0 Å². The van der Waals surface area contributed by atoms with E-state index in [1.807, 2.05) is 0 Å². The Morgan fingerprint density at radius 2 is 2.35 bits per heavy atom. The Balaban J connectivity index is 2.37. The van der Waals surface area contributed by atoms with Crippen molar-refractivity contribution in [1.29, 1.82) is 0 Å². The highest BCUT2D eigenvalue weighted by molar-refractivity contribution is 14.1. The number of hydrogen-bond donors (Lipinski definition) is 0. The molecule has 0 amide bonds. The third-order valence-corrected chi connectivity index (χ3v) is 3.19. The maximum absolute atomic E-state index is 11.0. The SMILES string of the molecule is CCOC(=O)/C=C/O[C@@H]1CC(OC)O[C@@H]1CI. The van der Waals surface area contributed by atoms with E-state index in [0.717, 1.165) is 4.43 Å². The molecule has 0 aliphatic carbocycles. The van der Waals surface area contributed by atoms with Crippen molar-refractivity contribution in [2.45, 2.75) is 31.8 Å². The minimum atomic E-state index is -0.402. The second-order valence-electron chi connectivity index (χ2n) is 3.46. The van der Waals surface area contributed by atoms with E-state index in [1.54, 1.807) is 14.0 Å². The van der Waals surface area contributed by atoms with Crippen LogP contribution in [-0.2, 0) is 23.7 Å². The maximum Gasteiger partial charge on any atom is 0.333 e. The molecule has 0 aromatic rings. The summed E-state index contributed by atoms with van der Waals surface area (Å²) in [5, 5.41) is 0. The Morgan fingerprint density at radius 1 is 1.59 bits per heavy atom. The van der Waals surface area contributed by atoms with Crippen molar-refractivity contribution in [3.63, 3.8) is 0 Å². The van der Waals surface area contributed by atoms with Crippen LogP contribution in [-0.4, -0.2) is 42.6 Å². The van der Waals surface area contributed by atoms with Crippen LogP contribution < -0.4 is 0 Å². The lowest BCUT2D eigenvalue weighted by Gasteiger charge is -2.14. The predicted molar refractivity (Wildman–Crippen MR) is 69.8 cm³/mol. The van der Waals surface area contributed by atoms with Gasteiger partial charge in [-0.3, -0.25) is 0 Å². The molecule has 1 saturated heterocycles. The first-order valence-electron chi connectivity index (χ1n) is 5.44. The minimum absolute atomic E-state index is 0.00704. The smallest absolute Gasteiger partial charge is 0.333 e. The summed E-state index contributed by atoms with van der Waals surface area (Å²) in [5.74, 6) is -0.402. The van der Waals surface area contributed by atoms with Gasteiger partial charge in [0.2, 0.25) is 0 Å². The van der Waals surface area contributed by atoms with Crippen molar-refractivity contribution in [2.75, 3.05) is 18.1 Å². The fraction of sp³-hybridized carbons (Fsp3) is 0.727. The first-order chi connectivity index (χ1) is 8.21. The van der Waals surface area contributed by atoms with E-state index < -0.39 is 5.97 Å². The summed E-state index contributed by atoms with van der Waals surface area (Å²) in [6, 6.07) is 0. The Morgan fingerprint density at radius 3 is 2.94 bits per heavy atom. The van der Waals surface area contributed by atoms with Crippen LogP contribution >= 0.6 is 22.6 Å². The van der Waals surface area contributed by atoms with Crippen molar-refractivity contribution in [3.05, 3.63) is 12.3 Å². The van der Waals surface area contributed by atoms with Gasteiger partial charge in [0.1, 0.15) is 12.2 Å². The molecule has 0 N–H and O–H groups in total. The second kappa shape index (κ2) is 7.88. The van der Waals surface area contributed by atoms with Crippen LogP contribution in [0.3, 0.4) is 0 Å². The van der Waals surface area contributed by atoms with Crippen LogP contribution in [0.5, 0.6) is 0 Å². The van der Waals surface area contributed by atoms with Crippen molar-refractivity contribution >= 4 is 28.6 Å². The van der Waals surface area contributed by atoms with Crippen LogP contribution in [0.1, 0.15) is 13.3 Å². The Labute approximate surface area is 115 Å². The zero-order valence-electron chi connectivity index (χ0n) is 9.93. The molecular weight excluding hydrogens is 339 g/mol. The van der Waals surface area contributed by atoms with Gasteiger partial charge >= 0.3 is 5.97 Å². The van der Waals surface area contributed by atoms with Crippen molar-refractivity contribution < 1.29 is 23.7 Å². The lowest BCUT2D eigenvalue weighted by molar-refractivity contribution is -0.137. The number of carbonyl (C=O) groups is 1. The summed E-state index contributed by atoms with van der Waals surface area (Å²) in [7, 11) is 1.60. The summed E-state index contributed by atoms with van der Waals surface area (Å²) in [6.45, 7) is 2.12. The number of methoxy groups -OCH3 is 1. The largest absolute Gasteiger partial charge is 0.495 e. The third kappa shape index (κ3) is 4.81. The molecule has 1 rings (SSSR count). The lowest BCUT2D eigenvalue weighted by Crippen LogP contribution is -2.24. The fourth-order valence-electron chi connectivity index (χ4n) is 1.50. The molecule has 0 bridgehead atoms. The summed E-state index contributed by atoms with van der Waals surface area (Å²) < 4.78 is 21.7. The van der Waals surface area contributed by atoms with E-state index in [9.17, 15) is 4.79 Å². The summed E-state index contributed by atoms with van der Waals surface area (Å²) in [4.78, 5) is 11.0. The zero-order valence-corrected chi connectivity index (χ0v) is 12.1. The average molecular weight is 356 g/mol. The van der Waals surface area contributed by atoms with Crippen LogP contribution in [0.15, 0.2) is 12.3 Å². The molecule has 3 atom stereocenters. The molecular formula is C11H17IO5. The molecule has 1 aliphatic rings. The number of esters is 1. The lowest BCUT2D eigenvalue weighted by atomic mass is 10.2. The highest BCUT2D eigenvalue weighted by atomic mass is 127. The molecule has 98 valence electrons. The second-order valence-corrected chi connectivity index (χ2v) is 4.34. The van der Waals surface area contributed by atoms with E-state index in [1.165, 1.54) is 12.3 Å². The van der Waals surface area contributed by atoms with E-state index in [4.69, 9.17) is 18.9 Å². The number of carbonyl (C=O) groups excluding carboxylic acids is 1. The first-order valence-corrected chi connectivity index (χ1v) is 6.96. The van der Waals surface area contributed by atoms with Gasteiger partial charge in [-0.05, 0) is 6.92 Å². The van der Waals surface area contributed by atoms with E-state index in [0.29, 0.717) is 13.0 Å². The molecule has 0 radical (unpaired) electrons. The van der Waals surface area contributed by atoms with Gasteiger partial charge in [0.05, 0.1) is 18.9 Å². The number of ether oxygens (including phenoxy) is 4. The molecule has 5 nitrogen and oxygen atoms in total. The summed E-state index contributed by atoms with van der Waals surface area (Å²) >= 11 is 2.23. The van der Waals surface area contributed by atoms with Gasteiger partial charge in [0.15, 0.2) is 6.29 Å². The molecule has 0 spiro atoms. The molecule has 1 aliphatic heterocycles. The summed E-state index contributed by atoms with van der Waals surface area (Å²) in [5.41, 5.74) is 0. The quantitative estimate of drug-likeness (QED) is 0.238. The number of rotatable bonds is 6. The molecule has 1 heterocycles. The first kappa shape index (κ1) is 14.7. The zero-order chi connectivity index (χ0) is 12.7. The number of halogens is 1. The van der Waals surface area contributed by atoms with Gasteiger partial charge in [-0.15, -0.1) is 0 Å². The molecule has 1 fully saturated rings. The molecule has 17 heavy (non-hydrogen) atoms. The van der Waals surface area contributed by atoms with Crippen molar-refractivity contribution in [2.24, 2.45) is 0 Å². The highest BCUT2D eigenvalue weighted by Gasteiger charge is 2.35.